The number of pyridine rings is 1. The standard InChI is InChI=1S/C11H16ClNO4/c1-15-4-5-16-6-7-17-11-3-2-9(12)10(8-14)13-11/h2-3,14H,4-8H2,1H3. The van der Waals surface area contributed by atoms with Crippen molar-refractivity contribution in [3.63, 3.8) is 0 Å². The van der Waals surface area contributed by atoms with E-state index in [1.165, 1.54) is 0 Å². The fraction of sp³-hybridized carbons (Fsp3) is 0.545. The molecule has 0 amide bonds. The van der Waals surface area contributed by atoms with E-state index in [4.69, 9.17) is 30.9 Å². The lowest BCUT2D eigenvalue weighted by molar-refractivity contribution is 0.0536. The first-order valence-electron chi connectivity index (χ1n) is 5.23. The zero-order valence-electron chi connectivity index (χ0n) is 9.69. The summed E-state index contributed by atoms with van der Waals surface area (Å²) >= 11 is 5.80. The molecule has 17 heavy (non-hydrogen) atoms. The molecule has 1 N–H and O–H groups in total. The highest BCUT2D eigenvalue weighted by molar-refractivity contribution is 6.31. The number of rotatable bonds is 8. The molecule has 0 radical (unpaired) electrons. The van der Waals surface area contributed by atoms with Crippen LogP contribution in [0.15, 0.2) is 12.1 Å². The molecule has 0 aromatic carbocycles. The van der Waals surface area contributed by atoms with Crippen molar-refractivity contribution in [3.8, 4) is 5.88 Å². The average molecular weight is 262 g/mol. The zero-order chi connectivity index (χ0) is 12.5. The van der Waals surface area contributed by atoms with Gasteiger partial charge in [-0.25, -0.2) is 4.98 Å². The van der Waals surface area contributed by atoms with E-state index in [1.54, 1.807) is 19.2 Å². The molecule has 0 saturated carbocycles. The summed E-state index contributed by atoms with van der Waals surface area (Å²) in [4.78, 5) is 4.04. The van der Waals surface area contributed by atoms with Crippen molar-refractivity contribution >= 4 is 11.6 Å². The SMILES string of the molecule is COCCOCCOc1ccc(Cl)c(CO)n1. The highest BCUT2D eigenvalue weighted by Gasteiger charge is 2.03. The van der Waals surface area contributed by atoms with E-state index in [0.29, 0.717) is 43.0 Å². The van der Waals surface area contributed by atoms with Crippen molar-refractivity contribution in [2.24, 2.45) is 0 Å². The van der Waals surface area contributed by atoms with Crippen LogP contribution >= 0.6 is 11.6 Å². The molecule has 0 aliphatic rings. The molecule has 0 unspecified atom stereocenters. The Morgan fingerprint density at radius 2 is 2.00 bits per heavy atom. The first kappa shape index (κ1) is 14.2. The maximum atomic E-state index is 8.97. The molecule has 1 rings (SSSR count). The molecule has 0 aliphatic carbocycles. The van der Waals surface area contributed by atoms with Crippen molar-refractivity contribution in [3.05, 3.63) is 22.8 Å². The van der Waals surface area contributed by atoms with E-state index >= 15 is 0 Å². The van der Waals surface area contributed by atoms with E-state index in [2.05, 4.69) is 4.98 Å². The highest BCUT2D eigenvalue weighted by Crippen LogP contribution is 2.17. The smallest absolute Gasteiger partial charge is 0.213 e. The van der Waals surface area contributed by atoms with E-state index in [0.717, 1.165) is 0 Å². The van der Waals surface area contributed by atoms with Gasteiger partial charge >= 0.3 is 0 Å². The van der Waals surface area contributed by atoms with Gasteiger partial charge in [-0.15, -0.1) is 0 Å². The lowest BCUT2D eigenvalue weighted by atomic mass is 10.3. The summed E-state index contributed by atoms with van der Waals surface area (Å²) in [7, 11) is 1.62. The fourth-order valence-electron chi connectivity index (χ4n) is 1.11. The molecule has 5 nitrogen and oxygen atoms in total. The summed E-state index contributed by atoms with van der Waals surface area (Å²) < 4.78 is 15.4. The monoisotopic (exact) mass is 261 g/mol. The summed E-state index contributed by atoms with van der Waals surface area (Å²) in [6, 6.07) is 3.29. The van der Waals surface area contributed by atoms with Gasteiger partial charge in [0, 0.05) is 13.2 Å². The Hall–Kier alpha value is -0.880. The van der Waals surface area contributed by atoms with Crippen LogP contribution < -0.4 is 4.74 Å². The Bertz CT molecular complexity index is 335. The van der Waals surface area contributed by atoms with Gasteiger partial charge in [0.2, 0.25) is 5.88 Å². The van der Waals surface area contributed by atoms with Crippen LogP contribution in [0, 0.1) is 0 Å². The first-order valence-corrected chi connectivity index (χ1v) is 5.61. The number of hydrogen-bond acceptors (Lipinski definition) is 5. The molecule has 96 valence electrons. The minimum absolute atomic E-state index is 0.208. The normalized spacial score (nSPS) is 10.5. The van der Waals surface area contributed by atoms with Gasteiger partial charge in [-0.1, -0.05) is 11.6 Å². The molecule has 0 atom stereocenters. The predicted octanol–water partition coefficient (Wildman–Crippen LogP) is 1.27. The number of nitrogens with zero attached hydrogens (tertiary/aromatic N) is 1. The maximum absolute atomic E-state index is 8.97. The van der Waals surface area contributed by atoms with Gasteiger partial charge in [0.15, 0.2) is 0 Å². The summed E-state index contributed by atoms with van der Waals surface area (Å²) in [5.41, 5.74) is 0.407. The number of aliphatic hydroxyl groups excluding tert-OH is 1. The van der Waals surface area contributed by atoms with Crippen molar-refractivity contribution in [1.29, 1.82) is 0 Å². The first-order chi connectivity index (χ1) is 8.27. The van der Waals surface area contributed by atoms with Gasteiger partial charge in [0.1, 0.15) is 6.61 Å². The van der Waals surface area contributed by atoms with Crippen LogP contribution in [0.3, 0.4) is 0 Å². The van der Waals surface area contributed by atoms with Crippen LogP contribution in [0.2, 0.25) is 5.02 Å². The molecule has 0 aliphatic heterocycles. The van der Waals surface area contributed by atoms with Gasteiger partial charge in [-0.3, -0.25) is 0 Å². The maximum Gasteiger partial charge on any atom is 0.213 e. The molecule has 0 saturated heterocycles. The van der Waals surface area contributed by atoms with Crippen molar-refractivity contribution in [2.75, 3.05) is 33.5 Å². The van der Waals surface area contributed by atoms with Crippen LogP contribution in [0.1, 0.15) is 5.69 Å². The van der Waals surface area contributed by atoms with E-state index < -0.39 is 0 Å². The molecule has 0 bridgehead atoms. The second kappa shape index (κ2) is 8.25. The van der Waals surface area contributed by atoms with Crippen molar-refractivity contribution < 1.29 is 19.3 Å². The van der Waals surface area contributed by atoms with E-state index in [1.807, 2.05) is 0 Å². The molecule has 0 fully saturated rings. The molecule has 1 aromatic heterocycles. The Kier molecular flexibility index (Phi) is 6.88. The van der Waals surface area contributed by atoms with Gasteiger partial charge in [0.05, 0.1) is 37.1 Å². The summed E-state index contributed by atoms with van der Waals surface area (Å²) in [5.74, 6) is 0.425. The van der Waals surface area contributed by atoms with Crippen LogP contribution in [-0.4, -0.2) is 43.6 Å². The largest absolute Gasteiger partial charge is 0.475 e. The highest BCUT2D eigenvalue weighted by atomic mass is 35.5. The summed E-state index contributed by atoms with van der Waals surface area (Å²) in [6.07, 6.45) is 0. The quantitative estimate of drug-likeness (QED) is 0.714. The van der Waals surface area contributed by atoms with Gasteiger partial charge in [-0.05, 0) is 6.07 Å². The van der Waals surface area contributed by atoms with Crippen LogP contribution in [0.4, 0.5) is 0 Å². The molecular weight excluding hydrogens is 246 g/mol. The Morgan fingerprint density at radius 1 is 1.24 bits per heavy atom. The van der Waals surface area contributed by atoms with Gasteiger partial charge < -0.3 is 19.3 Å². The second-order valence-corrected chi connectivity index (χ2v) is 3.60. The Labute approximate surface area is 105 Å². The van der Waals surface area contributed by atoms with E-state index in [9.17, 15) is 0 Å². The third-order valence-corrected chi connectivity index (χ3v) is 2.30. The van der Waals surface area contributed by atoms with Crippen molar-refractivity contribution in [1.82, 2.24) is 4.98 Å². The average Bonchev–Trinajstić information content (AvgIpc) is 2.35. The number of methoxy groups -OCH3 is 1. The minimum Gasteiger partial charge on any atom is -0.475 e. The minimum atomic E-state index is -0.208. The number of ether oxygens (including phenoxy) is 3. The third kappa shape index (κ3) is 5.32. The lowest BCUT2D eigenvalue weighted by Gasteiger charge is -2.07. The Morgan fingerprint density at radius 3 is 2.71 bits per heavy atom. The van der Waals surface area contributed by atoms with Gasteiger partial charge in [0.25, 0.3) is 0 Å². The lowest BCUT2D eigenvalue weighted by Crippen LogP contribution is -2.10. The van der Waals surface area contributed by atoms with E-state index in [-0.39, 0.29) is 6.61 Å². The fourth-order valence-corrected chi connectivity index (χ4v) is 1.27. The Balaban J connectivity index is 2.27. The topological polar surface area (TPSA) is 60.8 Å². The molecule has 6 heteroatoms. The number of halogens is 1. The second-order valence-electron chi connectivity index (χ2n) is 3.19. The third-order valence-electron chi connectivity index (χ3n) is 1.95. The predicted molar refractivity (Wildman–Crippen MR) is 63.4 cm³/mol. The van der Waals surface area contributed by atoms with Crippen LogP contribution in [0.25, 0.3) is 0 Å². The summed E-state index contributed by atoms with van der Waals surface area (Å²) in [6.45, 7) is 1.75. The van der Waals surface area contributed by atoms with Crippen LogP contribution in [0.5, 0.6) is 5.88 Å². The summed E-state index contributed by atoms with van der Waals surface area (Å²) in [5, 5.41) is 9.40. The van der Waals surface area contributed by atoms with Crippen LogP contribution in [-0.2, 0) is 16.1 Å². The van der Waals surface area contributed by atoms with Crippen molar-refractivity contribution in [2.45, 2.75) is 6.61 Å². The molecular formula is C11H16ClNO4. The molecule has 0 spiro atoms. The van der Waals surface area contributed by atoms with Gasteiger partial charge in [-0.2, -0.15) is 0 Å². The number of aliphatic hydroxyl groups is 1. The molecule has 1 heterocycles. The zero-order valence-corrected chi connectivity index (χ0v) is 10.4. The number of hydrogen-bond donors (Lipinski definition) is 1. The number of aromatic nitrogens is 1. The molecule has 1 aromatic rings.